The van der Waals surface area contributed by atoms with E-state index in [2.05, 4.69) is 50.3 Å². The third kappa shape index (κ3) is 10.3. The lowest BCUT2D eigenvalue weighted by atomic mass is 9.82. The normalized spacial score (nSPS) is 24.4. The number of hydrogen-bond acceptors (Lipinski definition) is 5. The maximum absolute atomic E-state index is 12.6. The van der Waals surface area contributed by atoms with E-state index >= 15 is 0 Å². The van der Waals surface area contributed by atoms with E-state index in [0.29, 0.717) is 30.3 Å². The van der Waals surface area contributed by atoms with Crippen LogP contribution < -0.4 is 10.6 Å². The maximum atomic E-state index is 12.6. The van der Waals surface area contributed by atoms with E-state index in [1.165, 1.54) is 0 Å². The topological polar surface area (TPSA) is 79.9 Å². The van der Waals surface area contributed by atoms with Gasteiger partial charge in [-0.05, 0) is 72.1 Å². The lowest BCUT2D eigenvalue weighted by Gasteiger charge is -2.43. The van der Waals surface area contributed by atoms with Crippen molar-refractivity contribution >= 4 is 12.0 Å². The number of ether oxygens (including phenoxy) is 1. The highest BCUT2D eigenvalue weighted by molar-refractivity contribution is 5.77. The summed E-state index contributed by atoms with van der Waals surface area (Å²) in [5.41, 5.74) is -0.542. The number of piperidine rings is 1. The summed E-state index contributed by atoms with van der Waals surface area (Å²) >= 11 is 0. The molecule has 32 heavy (non-hydrogen) atoms. The van der Waals surface area contributed by atoms with E-state index in [0.717, 1.165) is 25.7 Å². The Morgan fingerprint density at radius 1 is 1.16 bits per heavy atom. The number of rotatable bonds is 10. The Morgan fingerprint density at radius 2 is 1.81 bits per heavy atom. The first kappa shape index (κ1) is 28.4. The molecule has 0 aliphatic carbocycles. The van der Waals surface area contributed by atoms with Gasteiger partial charge in [0.1, 0.15) is 5.60 Å². The number of amides is 2. The molecule has 0 spiro atoms. The van der Waals surface area contributed by atoms with E-state index in [1.54, 1.807) is 7.11 Å². The molecular formula is C25H47N3O4. The van der Waals surface area contributed by atoms with Gasteiger partial charge in [0.15, 0.2) is 0 Å². The summed E-state index contributed by atoms with van der Waals surface area (Å²) in [5, 5.41) is 8.17. The molecule has 0 bridgehead atoms. The van der Waals surface area contributed by atoms with Gasteiger partial charge in [0.25, 0.3) is 0 Å². The Hall–Kier alpha value is -1.60. The van der Waals surface area contributed by atoms with Gasteiger partial charge in [-0.15, -0.1) is 0 Å². The van der Waals surface area contributed by atoms with Gasteiger partial charge in [-0.2, -0.15) is 5.06 Å². The summed E-state index contributed by atoms with van der Waals surface area (Å²) in [6.07, 6.45) is 7.42. The zero-order valence-electron chi connectivity index (χ0n) is 21.7. The molecule has 7 heteroatoms. The van der Waals surface area contributed by atoms with Gasteiger partial charge in [0.2, 0.25) is 5.91 Å². The molecule has 1 aliphatic rings. The van der Waals surface area contributed by atoms with Crippen LogP contribution in [0.2, 0.25) is 0 Å². The van der Waals surface area contributed by atoms with Gasteiger partial charge in [-0.3, -0.25) is 4.79 Å². The van der Waals surface area contributed by atoms with E-state index < -0.39 is 11.7 Å². The smallest absolute Gasteiger partial charge is 0.408 e. The van der Waals surface area contributed by atoms with E-state index in [-0.39, 0.29) is 18.0 Å². The third-order valence-electron chi connectivity index (χ3n) is 5.89. The fraction of sp³-hybridized carbons (Fsp3) is 0.840. The highest BCUT2D eigenvalue weighted by atomic mass is 16.7. The Labute approximate surface area is 195 Å². The number of alkyl carbamates (subject to hydrolysis) is 1. The fourth-order valence-electron chi connectivity index (χ4n) is 4.46. The average molecular weight is 454 g/mol. The maximum Gasteiger partial charge on any atom is 0.408 e. The number of hydroxylamine groups is 2. The molecule has 0 aromatic rings. The lowest BCUT2D eigenvalue weighted by Crippen LogP contribution is -2.51. The van der Waals surface area contributed by atoms with E-state index in [1.807, 2.05) is 32.9 Å². The zero-order chi connectivity index (χ0) is 24.5. The second kappa shape index (κ2) is 13.2. The molecule has 2 N–H and O–H groups in total. The predicted octanol–water partition coefficient (Wildman–Crippen LogP) is 4.82. The van der Waals surface area contributed by atoms with Crippen molar-refractivity contribution in [1.82, 2.24) is 15.7 Å². The third-order valence-corrected chi connectivity index (χ3v) is 5.89. The molecule has 1 saturated heterocycles. The van der Waals surface area contributed by atoms with Gasteiger partial charge in [-0.1, -0.05) is 32.9 Å². The fourth-order valence-corrected chi connectivity index (χ4v) is 4.46. The molecule has 186 valence electrons. The van der Waals surface area contributed by atoms with Crippen LogP contribution in [0.25, 0.3) is 0 Å². The molecule has 1 heterocycles. The Kier molecular flexibility index (Phi) is 11.7. The monoisotopic (exact) mass is 453 g/mol. The van der Waals surface area contributed by atoms with Crippen LogP contribution in [0.4, 0.5) is 4.79 Å². The molecule has 5 atom stereocenters. The first-order valence-corrected chi connectivity index (χ1v) is 12.1. The quantitative estimate of drug-likeness (QED) is 0.464. The van der Waals surface area contributed by atoms with Crippen LogP contribution in [0, 0.1) is 11.8 Å². The summed E-state index contributed by atoms with van der Waals surface area (Å²) in [4.78, 5) is 30.3. The average Bonchev–Trinajstić information content (AvgIpc) is 2.64. The summed E-state index contributed by atoms with van der Waals surface area (Å²) in [5.74, 6) is 0.834. The number of nitrogens with one attached hydrogen (secondary N) is 2. The van der Waals surface area contributed by atoms with Crippen LogP contribution in [0.15, 0.2) is 12.2 Å². The Bertz CT molecular complexity index is 615. The molecule has 1 fully saturated rings. The van der Waals surface area contributed by atoms with E-state index in [9.17, 15) is 9.59 Å². The molecule has 7 nitrogen and oxygen atoms in total. The minimum Gasteiger partial charge on any atom is -0.444 e. The molecule has 1 rings (SSSR count). The van der Waals surface area contributed by atoms with Gasteiger partial charge >= 0.3 is 6.09 Å². The SMILES string of the molecule is CCC1C[C@H](C(C)NC(=O)C/C=C/[C@H](CC(C)C)NC(=O)OC(C)(C)C)CC(C)N1OC. The second-order valence-corrected chi connectivity index (χ2v) is 10.6. The van der Waals surface area contributed by atoms with Crippen molar-refractivity contribution in [2.75, 3.05) is 7.11 Å². The number of hydrogen-bond donors (Lipinski definition) is 2. The number of carbonyl (C=O) groups is 2. The molecule has 0 radical (unpaired) electrons. The number of carbonyl (C=O) groups excluding carboxylic acids is 2. The van der Waals surface area contributed by atoms with Crippen molar-refractivity contribution in [3.8, 4) is 0 Å². The Morgan fingerprint density at radius 3 is 2.34 bits per heavy atom. The van der Waals surface area contributed by atoms with Crippen molar-refractivity contribution < 1.29 is 19.2 Å². The first-order chi connectivity index (χ1) is 14.9. The molecule has 0 saturated carbocycles. The molecule has 0 aromatic heterocycles. The molecular weight excluding hydrogens is 406 g/mol. The molecule has 2 amide bonds. The Balaban J connectivity index is 2.59. The highest BCUT2D eigenvalue weighted by Gasteiger charge is 2.35. The first-order valence-electron chi connectivity index (χ1n) is 12.1. The summed E-state index contributed by atoms with van der Waals surface area (Å²) < 4.78 is 5.36. The van der Waals surface area contributed by atoms with Crippen LogP contribution in [-0.4, -0.2) is 53.9 Å². The molecule has 3 unspecified atom stereocenters. The highest BCUT2D eigenvalue weighted by Crippen LogP contribution is 2.31. The summed E-state index contributed by atoms with van der Waals surface area (Å²) in [6, 6.07) is 0.653. The van der Waals surface area contributed by atoms with Gasteiger partial charge in [0, 0.05) is 24.5 Å². The lowest BCUT2D eigenvalue weighted by molar-refractivity contribution is -0.210. The van der Waals surface area contributed by atoms with Gasteiger partial charge in [-0.25, -0.2) is 4.79 Å². The van der Waals surface area contributed by atoms with Crippen LogP contribution in [-0.2, 0) is 14.4 Å². The van der Waals surface area contributed by atoms with Crippen molar-refractivity contribution in [1.29, 1.82) is 0 Å². The second-order valence-electron chi connectivity index (χ2n) is 10.6. The van der Waals surface area contributed by atoms with Crippen LogP contribution in [0.3, 0.4) is 0 Å². The van der Waals surface area contributed by atoms with Crippen LogP contribution >= 0.6 is 0 Å². The zero-order valence-corrected chi connectivity index (χ0v) is 21.7. The largest absolute Gasteiger partial charge is 0.444 e. The van der Waals surface area contributed by atoms with Gasteiger partial charge in [0.05, 0.1) is 13.2 Å². The summed E-state index contributed by atoms with van der Waals surface area (Å²) in [7, 11) is 1.74. The van der Waals surface area contributed by atoms with Crippen LogP contribution in [0.5, 0.6) is 0 Å². The molecule has 1 aliphatic heterocycles. The van der Waals surface area contributed by atoms with Crippen molar-refractivity contribution in [3.63, 3.8) is 0 Å². The minimum atomic E-state index is -0.542. The van der Waals surface area contributed by atoms with Crippen LogP contribution in [0.1, 0.15) is 87.5 Å². The summed E-state index contributed by atoms with van der Waals surface area (Å²) in [6.45, 7) is 16.2. The van der Waals surface area contributed by atoms with Gasteiger partial charge < -0.3 is 20.2 Å². The standard InChI is InChI=1S/C25H47N3O4/c1-10-22-16-20(15-18(4)28(22)31-9)19(5)26-23(29)13-11-12-21(14-17(2)3)27-24(30)32-25(6,7)8/h11-12,17-22H,10,13-16H2,1-9H3,(H,26,29)(H,27,30)/b12-11+/t18?,19?,20-,21-,22?/m1/s1. The van der Waals surface area contributed by atoms with E-state index in [4.69, 9.17) is 9.57 Å². The van der Waals surface area contributed by atoms with Crippen molar-refractivity contribution in [3.05, 3.63) is 12.2 Å². The minimum absolute atomic E-state index is 0.00388. The van der Waals surface area contributed by atoms with Crippen molar-refractivity contribution in [2.24, 2.45) is 11.8 Å². The predicted molar refractivity (Wildman–Crippen MR) is 129 cm³/mol. The number of nitrogens with zero attached hydrogens (tertiary/aromatic N) is 1. The molecule has 0 aromatic carbocycles. The van der Waals surface area contributed by atoms with Crippen molar-refractivity contribution in [2.45, 2.75) is 117 Å².